The lowest BCUT2D eigenvalue weighted by Crippen LogP contribution is -2.75. The molecule has 0 fully saturated rings. The summed E-state index contributed by atoms with van der Waals surface area (Å²) < 4.78 is 0. The van der Waals surface area contributed by atoms with Crippen LogP contribution in [0.25, 0.3) is 0 Å². The summed E-state index contributed by atoms with van der Waals surface area (Å²) in [4.78, 5) is 0. The Balaban J connectivity index is 2.16. The summed E-state index contributed by atoms with van der Waals surface area (Å²) in [5.74, 6) is 0. The average Bonchev–Trinajstić information content (AvgIpc) is 3.20. The van der Waals surface area contributed by atoms with Crippen molar-refractivity contribution in [3.63, 3.8) is 0 Å². The molecule has 0 aliphatic carbocycles. The maximum atomic E-state index is 2.43. The van der Waals surface area contributed by atoms with E-state index in [2.05, 4.69) is 117 Å². The molecule has 140 valence electrons. The standard InChI is InChI=1S/C27H27Si/c1-3-22-20-21-27(26(22)4-2)28(23-14-8-5-9-15-23,24-16-10-6-11-17-24)25-18-12-7-13-19-25/h5-21H,3-4H2,1-2H3/q-1. The smallest absolute Gasteiger partial charge is 0.112 e. The molecule has 0 aliphatic heterocycles. The zero-order valence-electron chi connectivity index (χ0n) is 16.7. The molecule has 4 rings (SSSR count). The van der Waals surface area contributed by atoms with Gasteiger partial charge in [0.25, 0.3) is 0 Å². The molecule has 0 saturated heterocycles. The minimum absolute atomic E-state index is 1.08. The molecular formula is C27H27Si-. The molecule has 0 unspecified atom stereocenters. The van der Waals surface area contributed by atoms with Gasteiger partial charge in [-0.05, 0) is 0 Å². The monoisotopic (exact) mass is 379 g/mol. The molecule has 0 heterocycles. The molecule has 0 saturated carbocycles. The third kappa shape index (κ3) is 2.96. The molecule has 0 radical (unpaired) electrons. The molecule has 0 N–H and O–H groups in total. The maximum absolute atomic E-state index is 2.43. The minimum Gasteiger partial charge on any atom is -0.211 e. The highest BCUT2D eigenvalue weighted by atomic mass is 28.3. The molecule has 0 nitrogen and oxygen atoms in total. The van der Waals surface area contributed by atoms with E-state index >= 15 is 0 Å². The van der Waals surface area contributed by atoms with E-state index in [0.29, 0.717) is 0 Å². The van der Waals surface area contributed by atoms with Crippen LogP contribution >= 0.6 is 0 Å². The quantitative estimate of drug-likeness (QED) is 0.271. The van der Waals surface area contributed by atoms with E-state index in [1.807, 2.05) is 0 Å². The van der Waals surface area contributed by atoms with Gasteiger partial charge in [-0.3, -0.25) is 0 Å². The van der Waals surface area contributed by atoms with Gasteiger partial charge in [-0.2, -0.15) is 22.4 Å². The Morgan fingerprint density at radius 3 is 1.39 bits per heavy atom. The van der Waals surface area contributed by atoms with E-state index in [9.17, 15) is 0 Å². The van der Waals surface area contributed by atoms with Crippen molar-refractivity contribution in [3.8, 4) is 0 Å². The van der Waals surface area contributed by atoms with Crippen LogP contribution < -0.4 is 20.7 Å². The van der Waals surface area contributed by atoms with Gasteiger partial charge in [-0.15, -0.1) is 0 Å². The lowest BCUT2D eigenvalue weighted by Gasteiger charge is -2.40. The van der Waals surface area contributed by atoms with Gasteiger partial charge in [0.15, 0.2) is 0 Å². The van der Waals surface area contributed by atoms with Gasteiger partial charge in [0.1, 0.15) is 8.07 Å². The summed E-state index contributed by atoms with van der Waals surface area (Å²) in [6.45, 7) is 4.58. The van der Waals surface area contributed by atoms with Crippen LogP contribution in [0.3, 0.4) is 0 Å². The number of hydrogen-bond donors (Lipinski definition) is 0. The topological polar surface area (TPSA) is 0 Å². The molecule has 28 heavy (non-hydrogen) atoms. The van der Waals surface area contributed by atoms with Crippen LogP contribution in [0.4, 0.5) is 0 Å². The van der Waals surface area contributed by atoms with Gasteiger partial charge < -0.3 is 0 Å². The van der Waals surface area contributed by atoms with Crippen LogP contribution in [0, 0.1) is 0 Å². The van der Waals surface area contributed by atoms with Crippen molar-refractivity contribution in [1.82, 2.24) is 0 Å². The molecular weight excluding hydrogens is 352 g/mol. The number of benzene rings is 3. The van der Waals surface area contributed by atoms with Gasteiger partial charge in [-0.25, -0.2) is 6.07 Å². The Labute approximate surface area is 169 Å². The van der Waals surface area contributed by atoms with E-state index in [-0.39, 0.29) is 0 Å². The van der Waals surface area contributed by atoms with Crippen LogP contribution in [-0.2, 0) is 12.8 Å². The Hall–Kier alpha value is -2.77. The number of aryl methyl sites for hydroxylation is 1. The molecule has 0 bridgehead atoms. The fourth-order valence-electron chi connectivity index (χ4n) is 4.69. The highest BCUT2D eigenvalue weighted by Crippen LogP contribution is 2.17. The number of rotatable bonds is 6. The minimum atomic E-state index is -2.36. The predicted molar refractivity (Wildman–Crippen MR) is 124 cm³/mol. The third-order valence-electron chi connectivity index (χ3n) is 5.92. The lowest BCUT2D eigenvalue weighted by molar-refractivity contribution is 1.06. The van der Waals surface area contributed by atoms with Crippen molar-refractivity contribution >= 4 is 28.8 Å². The van der Waals surface area contributed by atoms with Crippen LogP contribution in [0.2, 0.25) is 0 Å². The second-order valence-electron chi connectivity index (χ2n) is 7.31. The first-order chi connectivity index (χ1) is 13.8. The van der Waals surface area contributed by atoms with Crippen molar-refractivity contribution < 1.29 is 0 Å². The lowest BCUT2D eigenvalue weighted by atomic mass is 10.1. The highest BCUT2D eigenvalue weighted by Gasteiger charge is 2.37. The van der Waals surface area contributed by atoms with E-state index in [1.54, 1.807) is 10.8 Å². The summed E-state index contributed by atoms with van der Waals surface area (Å²) >= 11 is 0. The van der Waals surface area contributed by atoms with Gasteiger partial charge in [0, 0.05) is 0 Å². The highest BCUT2D eigenvalue weighted by molar-refractivity contribution is 7.20. The Morgan fingerprint density at radius 1 is 0.607 bits per heavy atom. The van der Waals surface area contributed by atoms with Crippen molar-refractivity contribution in [2.24, 2.45) is 0 Å². The van der Waals surface area contributed by atoms with E-state index in [0.717, 1.165) is 12.8 Å². The largest absolute Gasteiger partial charge is 0.211 e. The third-order valence-corrected chi connectivity index (χ3v) is 10.8. The zero-order valence-corrected chi connectivity index (χ0v) is 17.7. The number of hydrogen-bond acceptors (Lipinski definition) is 0. The van der Waals surface area contributed by atoms with Gasteiger partial charge >= 0.3 is 0 Å². The normalized spacial score (nSPS) is 11.5. The first kappa shape index (κ1) is 18.6. The maximum Gasteiger partial charge on any atom is 0.112 e. The van der Waals surface area contributed by atoms with Crippen LogP contribution in [-0.4, -0.2) is 8.07 Å². The SMILES string of the molecule is CCc1c([Si](c2ccccc2)(c2ccccc2)c2ccccc2)cc[c-]1CC. The molecule has 1 heteroatoms. The van der Waals surface area contributed by atoms with E-state index in [1.165, 1.54) is 21.1 Å². The summed E-state index contributed by atoms with van der Waals surface area (Å²) in [6, 6.07) is 38.4. The van der Waals surface area contributed by atoms with Gasteiger partial charge in [0.05, 0.1) is 0 Å². The zero-order chi connectivity index (χ0) is 19.4. The van der Waals surface area contributed by atoms with Crippen molar-refractivity contribution in [3.05, 3.63) is 114 Å². The second-order valence-corrected chi connectivity index (χ2v) is 11.1. The molecule has 4 aromatic carbocycles. The van der Waals surface area contributed by atoms with E-state index < -0.39 is 8.07 Å². The Kier molecular flexibility index (Phi) is 5.36. The molecule has 0 amide bonds. The molecule has 0 aromatic heterocycles. The van der Waals surface area contributed by atoms with E-state index in [4.69, 9.17) is 0 Å². The molecule has 0 atom stereocenters. The van der Waals surface area contributed by atoms with Crippen molar-refractivity contribution in [2.45, 2.75) is 26.7 Å². The predicted octanol–water partition coefficient (Wildman–Crippen LogP) is 3.91. The van der Waals surface area contributed by atoms with Crippen LogP contribution in [0.1, 0.15) is 25.0 Å². The van der Waals surface area contributed by atoms with Crippen molar-refractivity contribution in [1.29, 1.82) is 0 Å². The van der Waals surface area contributed by atoms with Crippen LogP contribution in [0.5, 0.6) is 0 Å². The first-order valence-electron chi connectivity index (χ1n) is 10.3. The fourth-order valence-corrected chi connectivity index (χ4v) is 9.82. The average molecular weight is 380 g/mol. The molecule has 0 spiro atoms. The van der Waals surface area contributed by atoms with Crippen molar-refractivity contribution in [2.75, 3.05) is 0 Å². The Morgan fingerprint density at radius 2 is 1.04 bits per heavy atom. The summed E-state index contributed by atoms with van der Waals surface area (Å²) in [6.07, 6.45) is 2.17. The van der Waals surface area contributed by atoms with Gasteiger partial charge in [-0.1, -0.05) is 133 Å². The molecule has 0 aliphatic rings. The Bertz CT molecular complexity index is 917. The summed E-state index contributed by atoms with van der Waals surface area (Å²) in [5, 5.41) is 5.91. The van der Waals surface area contributed by atoms with Gasteiger partial charge in [0.2, 0.25) is 0 Å². The first-order valence-corrected chi connectivity index (χ1v) is 12.3. The summed E-state index contributed by atoms with van der Waals surface area (Å²) in [5.41, 5.74) is 3.04. The second kappa shape index (κ2) is 8.08. The fraction of sp³-hybridized carbons (Fsp3) is 0.148. The summed E-state index contributed by atoms with van der Waals surface area (Å²) in [7, 11) is -2.36. The molecule has 4 aromatic rings. The van der Waals surface area contributed by atoms with Crippen LogP contribution in [0.15, 0.2) is 103 Å².